The maximum atomic E-state index is 12.3. The quantitative estimate of drug-likeness (QED) is 0.798. The van der Waals surface area contributed by atoms with E-state index in [1.807, 2.05) is 42.5 Å². The number of nitrogens with zero attached hydrogens (tertiary/aromatic N) is 2. The molecule has 0 aliphatic heterocycles. The standard InChI is InChI=1S/C19H13N3O/c20-11-14-5-4-8-16(9-14)19(23)22-18-10-17(12-21-13-18)15-6-2-1-3-7-15/h1-10,12-13H,(H,22,23). The fourth-order valence-electron chi connectivity index (χ4n) is 2.23. The van der Waals surface area contributed by atoms with E-state index in [4.69, 9.17) is 5.26 Å². The lowest BCUT2D eigenvalue weighted by Crippen LogP contribution is -2.12. The van der Waals surface area contributed by atoms with Gasteiger partial charge >= 0.3 is 0 Å². The van der Waals surface area contributed by atoms with E-state index in [1.165, 1.54) is 0 Å². The lowest BCUT2D eigenvalue weighted by Gasteiger charge is -2.07. The predicted molar refractivity (Wildman–Crippen MR) is 88.8 cm³/mol. The van der Waals surface area contributed by atoms with Crippen molar-refractivity contribution in [2.75, 3.05) is 5.32 Å². The number of nitrogens with one attached hydrogen (secondary N) is 1. The van der Waals surface area contributed by atoms with Crippen LogP contribution in [0.2, 0.25) is 0 Å². The van der Waals surface area contributed by atoms with E-state index < -0.39 is 0 Å². The lowest BCUT2D eigenvalue weighted by atomic mass is 10.1. The molecule has 0 fully saturated rings. The summed E-state index contributed by atoms with van der Waals surface area (Å²) in [5.41, 5.74) is 3.46. The van der Waals surface area contributed by atoms with Crippen molar-refractivity contribution in [2.24, 2.45) is 0 Å². The summed E-state index contributed by atoms with van der Waals surface area (Å²) in [6.07, 6.45) is 3.35. The monoisotopic (exact) mass is 299 g/mol. The number of hydrogen-bond donors (Lipinski definition) is 1. The summed E-state index contributed by atoms with van der Waals surface area (Å²) in [6.45, 7) is 0. The second-order valence-electron chi connectivity index (χ2n) is 4.98. The van der Waals surface area contributed by atoms with Crippen LogP contribution in [-0.2, 0) is 0 Å². The van der Waals surface area contributed by atoms with Crippen molar-refractivity contribution in [3.8, 4) is 17.2 Å². The molecule has 0 aliphatic rings. The van der Waals surface area contributed by atoms with Crippen LogP contribution in [0, 0.1) is 11.3 Å². The molecule has 1 aromatic heterocycles. The van der Waals surface area contributed by atoms with Gasteiger partial charge in [0.25, 0.3) is 5.91 Å². The molecule has 4 nitrogen and oxygen atoms in total. The van der Waals surface area contributed by atoms with Gasteiger partial charge in [-0.1, -0.05) is 36.4 Å². The Hall–Kier alpha value is -3.45. The van der Waals surface area contributed by atoms with Gasteiger partial charge in [0, 0.05) is 17.3 Å². The van der Waals surface area contributed by atoms with Gasteiger partial charge < -0.3 is 5.32 Å². The highest BCUT2D eigenvalue weighted by Gasteiger charge is 2.08. The average molecular weight is 299 g/mol. The molecule has 0 radical (unpaired) electrons. The molecular weight excluding hydrogens is 286 g/mol. The summed E-state index contributed by atoms with van der Waals surface area (Å²) in [4.78, 5) is 16.5. The van der Waals surface area contributed by atoms with Crippen LogP contribution in [0.5, 0.6) is 0 Å². The minimum absolute atomic E-state index is 0.269. The second kappa shape index (κ2) is 6.54. The highest BCUT2D eigenvalue weighted by molar-refractivity contribution is 6.04. The van der Waals surface area contributed by atoms with Gasteiger partial charge in [-0.3, -0.25) is 9.78 Å². The minimum atomic E-state index is -0.269. The zero-order valence-corrected chi connectivity index (χ0v) is 12.2. The summed E-state index contributed by atoms with van der Waals surface area (Å²) in [7, 11) is 0. The number of nitriles is 1. The molecular formula is C19H13N3O. The van der Waals surface area contributed by atoms with Gasteiger partial charge in [0.05, 0.1) is 23.5 Å². The molecule has 0 aliphatic carbocycles. The summed E-state index contributed by atoms with van der Waals surface area (Å²) >= 11 is 0. The molecule has 23 heavy (non-hydrogen) atoms. The molecule has 1 N–H and O–H groups in total. The third-order valence-electron chi connectivity index (χ3n) is 3.36. The summed E-state index contributed by atoms with van der Waals surface area (Å²) < 4.78 is 0. The third-order valence-corrected chi connectivity index (χ3v) is 3.36. The topological polar surface area (TPSA) is 65.8 Å². The van der Waals surface area contributed by atoms with Crippen LogP contribution >= 0.6 is 0 Å². The fourth-order valence-corrected chi connectivity index (χ4v) is 2.23. The molecule has 0 spiro atoms. The van der Waals surface area contributed by atoms with Crippen molar-refractivity contribution in [1.29, 1.82) is 5.26 Å². The zero-order valence-electron chi connectivity index (χ0n) is 12.2. The number of pyridine rings is 1. The molecule has 0 saturated heterocycles. The molecule has 110 valence electrons. The molecule has 0 unspecified atom stereocenters. The average Bonchev–Trinajstić information content (AvgIpc) is 2.63. The van der Waals surface area contributed by atoms with Gasteiger partial charge in [-0.25, -0.2) is 0 Å². The molecule has 0 bridgehead atoms. The Balaban J connectivity index is 1.83. The Morgan fingerprint density at radius 3 is 2.57 bits per heavy atom. The summed E-state index contributed by atoms with van der Waals surface area (Å²) in [5, 5.41) is 11.7. The number of carbonyl (C=O) groups is 1. The number of aromatic nitrogens is 1. The van der Waals surface area contributed by atoms with E-state index in [0.29, 0.717) is 16.8 Å². The number of benzene rings is 2. The first-order valence-electron chi connectivity index (χ1n) is 7.08. The zero-order chi connectivity index (χ0) is 16.1. The van der Waals surface area contributed by atoms with E-state index in [-0.39, 0.29) is 5.91 Å². The van der Waals surface area contributed by atoms with E-state index in [0.717, 1.165) is 11.1 Å². The second-order valence-corrected chi connectivity index (χ2v) is 4.98. The van der Waals surface area contributed by atoms with Gasteiger partial charge in [-0.05, 0) is 29.8 Å². The fraction of sp³-hybridized carbons (Fsp3) is 0. The largest absolute Gasteiger partial charge is 0.321 e. The molecule has 1 amide bonds. The lowest BCUT2D eigenvalue weighted by molar-refractivity contribution is 0.102. The Morgan fingerprint density at radius 2 is 1.78 bits per heavy atom. The van der Waals surface area contributed by atoms with Crippen LogP contribution < -0.4 is 5.32 Å². The normalized spacial score (nSPS) is 9.87. The maximum absolute atomic E-state index is 12.3. The van der Waals surface area contributed by atoms with Crippen molar-refractivity contribution in [2.45, 2.75) is 0 Å². The number of anilines is 1. The molecule has 3 aromatic rings. The van der Waals surface area contributed by atoms with Crippen LogP contribution in [0.4, 0.5) is 5.69 Å². The number of rotatable bonds is 3. The van der Waals surface area contributed by atoms with Gasteiger partial charge in [0.1, 0.15) is 0 Å². The van der Waals surface area contributed by atoms with Crippen LogP contribution in [0.25, 0.3) is 11.1 Å². The van der Waals surface area contributed by atoms with Gasteiger partial charge in [-0.2, -0.15) is 5.26 Å². The smallest absolute Gasteiger partial charge is 0.255 e. The van der Waals surface area contributed by atoms with Crippen molar-refractivity contribution in [1.82, 2.24) is 4.98 Å². The number of hydrogen-bond acceptors (Lipinski definition) is 3. The molecule has 0 atom stereocenters. The van der Waals surface area contributed by atoms with Crippen molar-refractivity contribution in [3.63, 3.8) is 0 Å². The Morgan fingerprint density at radius 1 is 0.957 bits per heavy atom. The van der Waals surface area contributed by atoms with Crippen molar-refractivity contribution >= 4 is 11.6 Å². The SMILES string of the molecule is N#Cc1cccc(C(=O)Nc2cncc(-c3ccccc3)c2)c1. The third kappa shape index (κ3) is 3.42. The van der Waals surface area contributed by atoms with Crippen LogP contribution in [0.1, 0.15) is 15.9 Å². The van der Waals surface area contributed by atoms with E-state index in [9.17, 15) is 4.79 Å². The van der Waals surface area contributed by atoms with E-state index in [2.05, 4.69) is 10.3 Å². The first-order chi connectivity index (χ1) is 11.3. The van der Waals surface area contributed by atoms with E-state index in [1.54, 1.807) is 36.7 Å². The molecule has 2 aromatic carbocycles. The highest BCUT2D eigenvalue weighted by Crippen LogP contribution is 2.21. The minimum Gasteiger partial charge on any atom is -0.321 e. The highest BCUT2D eigenvalue weighted by atomic mass is 16.1. The van der Waals surface area contributed by atoms with Crippen molar-refractivity contribution < 1.29 is 4.79 Å². The summed E-state index contributed by atoms with van der Waals surface area (Å²) in [5.74, 6) is -0.269. The molecule has 0 saturated carbocycles. The van der Waals surface area contributed by atoms with E-state index >= 15 is 0 Å². The number of carbonyl (C=O) groups excluding carboxylic acids is 1. The number of amides is 1. The molecule has 1 heterocycles. The van der Waals surface area contributed by atoms with Crippen LogP contribution in [0.3, 0.4) is 0 Å². The van der Waals surface area contributed by atoms with Gasteiger partial charge in [0.2, 0.25) is 0 Å². The first kappa shape index (κ1) is 14.5. The van der Waals surface area contributed by atoms with Gasteiger partial charge in [-0.15, -0.1) is 0 Å². The van der Waals surface area contributed by atoms with Crippen molar-refractivity contribution in [3.05, 3.63) is 84.2 Å². The Kier molecular flexibility index (Phi) is 4.12. The molecule has 3 rings (SSSR count). The van der Waals surface area contributed by atoms with Gasteiger partial charge in [0.15, 0.2) is 0 Å². The Bertz CT molecular complexity index is 882. The Labute approximate surface area is 134 Å². The van der Waals surface area contributed by atoms with Crippen LogP contribution in [-0.4, -0.2) is 10.9 Å². The maximum Gasteiger partial charge on any atom is 0.255 e. The molecule has 4 heteroatoms. The summed E-state index contributed by atoms with van der Waals surface area (Å²) in [6, 6.07) is 20.3. The van der Waals surface area contributed by atoms with Crippen LogP contribution in [0.15, 0.2) is 73.1 Å². The first-order valence-corrected chi connectivity index (χ1v) is 7.08. The predicted octanol–water partition coefficient (Wildman–Crippen LogP) is 3.87.